The monoisotopic (exact) mass is 412 g/mol. The second-order valence-electron chi connectivity index (χ2n) is 5.49. The molecule has 0 amide bonds. The molecule has 0 spiro atoms. The van der Waals surface area contributed by atoms with E-state index in [9.17, 15) is 0 Å². The van der Waals surface area contributed by atoms with Gasteiger partial charge in [0.05, 0.1) is 25.4 Å². The lowest BCUT2D eigenvalue weighted by Gasteiger charge is -2.29. The molecule has 2 heterocycles. The van der Waals surface area contributed by atoms with Gasteiger partial charge in [-0.2, -0.15) is 0 Å². The van der Waals surface area contributed by atoms with Crippen LogP contribution in [0.15, 0.2) is 4.99 Å². The van der Waals surface area contributed by atoms with E-state index in [0.29, 0.717) is 12.6 Å². The molecule has 2 atom stereocenters. The van der Waals surface area contributed by atoms with Gasteiger partial charge in [0.2, 0.25) is 0 Å². The molecule has 6 nitrogen and oxygen atoms in total. The van der Waals surface area contributed by atoms with E-state index in [2.05, 4.69) is 34.5 Å². The molecular formula is C14H29IN4O2. The van der Waals surface area contributed by atoms with E-state index < -0.39 is 0 Å². The van der Waals surface area contributed by atoms with Crippen LogP contribution < -0.4 is 10.6 Å². The lowest BCUT2D eigenvalue weighted by molar-refractivity contribution is -0.0136. The van der Waals surface area contributed by atoms with Crippen molar-refractivity contribution in [2.45, 2.75) is 32.0 Å². The van der Waals surface area contributed by atoms with Gasteiger partial charge in [-0.25, -0.2) is 0 Å². The van der Waals surface area contributed by atoms with Crippen LogP contribution in [0.3, 0.4) is 0 Å². The molecule has 0 aliphatic carbocycles. The number of nitrogens with zero attached hydrogens (tertiary/aromatic N) is 2. The molecule has 0 aromatic carbocycles. The molecule has 0 saturated carbocycles. The summed E-state index contributed by atoms with van der Waals surface area (Å²) >= 11 is 0. The Labute approximate surface area is 145 Å². The number of nitrogens with one attached hydrogen (secondary N) is 2. The molecule has 0 bridgehead atoms. The van der Waals surface area contributed by atoms with Gasteiger partial charge < -0.3 is 25.0 Å². The average molecular weight is 412 g/mol. The van der Waals surface area contributed by atoms with E-state index in [1.165, 1.54) is 6.42 Å². The summed E-state index contributed by atoms with van der Waals surface area (Å²) in [5, 5.41) is 6.63. The summed E-state index contributed by atoms with van der Waals surface area (Å²) < 4.78 is 11.3. The van der Waals surface area contributed by atoms with Crippen molar-refractivity contribution < 1.29 is 9.47 Å². The molecule has 0 radical (unpaired) electrons. The quantitative estimate of drug-likeness (QED) is 0.395. The summed E-state index contributed by atoms with van der Waals surface area (Å²) in [6.07, 6.45) is 2.84. The van der Waals surface area contributed by atoms with Crippen LogP contribution in [0.4, 0.5) is 0 Å². The minimum absolute atomic E-state index is 0. The van der Waals surface area contributed by atoms with E-state index in [4.69, 9.17) is 9.47 Å². The van der Waals surface area contributed by atoms with Crippen molar-refractivity contribution in [3.05, 3.63) is 0 Å². The van der Waals surface area contributed by atoms with Crippen LogP contribution in [0.2, 0.25) is 0 Å². The van der Waals surface area contributed by atoms with Gasteiger partial charge in [-0.3, -0.25) is 4.99 Å². The Kier molecular flexibility index (Phi) is 9.54. The molecule has 7 heteroatoms. The zero-order valence-corrected chi connectivity index (χ0v) is 15.5. The first kappa shape index (κ1) is 18.9. The third kappa shape index (κ3) is 7.12. The van der Waals surface area contributed by atoms with Crippen LogP contribution in [0.1, 0.15) is 19.8 Å². The topological polar surface area (TPSA) is 58.1 Å². The van der Waals surface area contributed by atoms with E-state index >= 15 is 0 Å². The summed E-state index contributed by atoms with van der Waals surface area (Å²) in [6, 6.07) is 0. The molecule has 2 rings (SSSR count). The fourth-order valence-electron chi connectivity index (χ4n) is 2.53. The maximum absolute atomic E-state index is 5.73. The van der Waals surface area contributed by atoms with Crippen LogP contribution in [0, 0.1) is 0 Å². The van der Waals surface area contributed by atoms with Gasteiger partial charge in [0, 0.05) is 32.8 Å². The third-order valence-electron chi connectivity index (χ3n) is 3.66. The van der Waals surface area contributed by atoms with Gasteiger partial charge in [-0.1, -0.05) is 0 Å². The summed E-state index contributed by atoms with van der Waals surface area (Å²) in [7, 11) is 2.13. The molecule has 0 aromatic rings. The summed E-state index contributed by atoms with van der Waals surface area (Å²) in [5.41, 5.74) is 0. The number of likely N-dealkylation sites (N-methyl/N-ethyl adjacent to an activating group) is 1. The highest BCUT2D eigenvalue weighted by atomic mass is 127. The fraction of sp³-hybridized carbons (Fsp3) is 0.929. The van der Waals surface area contributed by atoms with Crippen molar-refractivity contribution in [2.75, 3.05) is 53.0 Å². The Balaban J connectivity index is 0.00000220. The first-order valence-corrected chi connectivity index (χ1v) is 7.72. The normalized spacial score (nSPS) is 27.2. The first-order valence-electron chi connectivity index (χ1n) is 7.72. The predicted octanol–water partition coefficient (Wildman–Crippen LogP) is 0.669. The van der Waals surface area contributed by atoms with Crippen LogP contribution in [-0.2, 0) is 9.47 Å². The van der Waals surface area contributed by atoms with Crippen molar-refractivity contribution in [3.8, 4) is 0 Å². The predicted molar refractivity (Wildman–Crippen MR) is 95.6 cm³/mol. The van der Waals surface area contributed by atoms with Gasteiger partial charge >= 0.3 is 0 Å². The molecule has 124 valence electrons. The highest BCUT2D eigenvalue weighted by Crippen LogP contribution is 2.10. The molecule has 2 aliphatic heterocycles. The number of morpholine rings is 1. The number of hydrogen-bond acceptors (Lipinski definition) is 4. The number of halogens is 1. The molecule has 21 heavy (non-hydrogen) atoms. The highest BCUT2D eigenvalue weighted by molar-refractivity contribution is 14.0. The van der Waals surface area contributed by atoms with Gasteiger partial charge in [-0.05, 0) is 26.8 Å². The molecular weight excluding hydrogens is 383 g/mol. The Hall–Kier alpha value is -0.120. The van der Waals surface area contributed by atoms with E-state index in [1.807, 2.05) is 0 Å². The van der Waals surface area contributed by atoms with Crippen molar-refractivity contribution in [1.82, 2.24) is 15.5 Å². The van der Waals surface area contributed by atoms with Gasteiger partial charge in [-0.15, -0.1) is 24.0 Å². The Bertz CT molecular complexity index is 311. The number of ether oxygens (including phenoxy) is 2. The van der Waals surface area contributed by atoms with Crippen molar-refractivity contribution >= 4 is 29.9 Å². The van der Waals surface area contributed by atoms with E-state index in [0.717, 1.165) is 51.8 Å². The minimum atomic E-state index is 0. The summed E-state index contributed by atoms with van der Waals surface area (Å²) in [5.74, 6) is 0.861. The van der Waals surface area contributed by atoms with Crippen molar-refractivity contribution in [1.29, 1.82) is 0 Å². The van der Waals surface area contributed by atoms with Gasteiger partial charge in [0.15, 0.2) is 5.96 Å². The Morgan fingerprint density at radius 2 is 2.05 bits per heavy atom. The maximum Gasteiger partial charge on any atom is 0.191 e. The average Bonchev–Trinajstić information content (AvgIpc) is 2.95. The van der Waals surface area contributed by atoms with Crippen LogP contribution >= 0.6 is 24.0 Å². The summed E-state index contributed by atoms with van der Waals surface area (Å²) in [4.78, 5) is 6.91. The van der Waals surface area contributed by atoms with E-state index in [1.54, 1.807) is 0 Å². The van der Waals surface area contributed by atoms with Crippen molar-refractivity contribution in [3.63, 3.8) is 0 Å². The number of rotatable bonds is 5. The van der Waals surface area contributed by atoms with Crippen LogP contribution in [0.25, 0.3) is 0 Å². The van der Waals surface area contributed by atoms with Gasteiger partial charge in [0.25, 0.3) is 0 Å². The minimum Gasteiger partial charge on any atom is -0.376 e. The number of hydrogen-bond donors (Lipinski definition) is 2. The van der Waals surface area contributed by atoms with Crippen LogP contribution in [-0.4, -0.2) is 76.1 Å². The smallest absolute Gasteiger partial charge is 0.191 e. The largest absolute Gasteiger partial charge is 0.376 e. The zero-order chi connectivity index (χ0) is 14.2. The molecule has 2 fully saturated rings. The standard InChI is InChI=1S/C14H28N4O2.HI/c1-3-15-14(16-9-12-5-4-7-19-12)17-10-13-11-18(2)6-8-20-13;/h12-13H,3-11H2,1-2H3,(H2,15,16,17);1H. The summed E-state index contributed by atoms with van der Waals surface area (Å²) in [6.45, 7) is 8.13. The Morgan fingerprint density at radius 1 is 1.24 bits per heavy atom. The third-order valence-corrected chi connectivity index (χ3v) is 3.66. The molecule has 2 unspecified atom stereocenters. The van der Waals surface area contributed by atoms with Gasteiger partial charge in [0.1, 0.15) is 0 Å². The zero-order valence-electron chi connectivity index (χ0n) is 13.1. The van der Waals surface area contributed by atoms with E-state index in [-0.39, 0.29) is 30.1 Å². The molecule has 0 aromatic heterocycles. The fourth-order valence-corrected chi connectivity index (χ4v) is 2.53. The lowest BCUT2D eigenvalue weighted by Crippen LogP contribution is -2.44. The second-order valence-corrected chi connectivity index (χ2v) is 5.49. The highest BCUT2D eigenvalue weighted by Gasteiger charge is 2.18. The maximum atomic E-state index is 5.73. The first-order chi connectivity index (χ1) is 9.78. The molecule has 2 N–H and O–H groups in total. The second kappa shape index (κ2) is 10.6. The molecule has 2 aliphatic rings. The SMILES string of the molecule is CCNC(=NCC1CN(C)CCO1)NCC1CCCO1.I. The van der Waals surface area contributed by atoms with Crippen LogP contribution in [0.5, 0.6) is 0 Å². The number of guanidine groups is 1. The van der Waals surface area contributed by atoms with Crippen molar-refractivity contribution in [2.24, 2.45) is 4.99 Å². The Morgan fingerprint density at radius 3 is 2.71 bits per heavy atom. The number of aliphatic imine (C=N–C) groups is 1. The molecule has 2 saturated heterocycles. The lowest BCUT2D eigenvalue weighted by atomic mass is 10.2.